The molecule has 10 heteroatoms. The number of nitrogens with zero attached hydrogens (tertiary/aromatic N) is 2. The van der Waals surface area contributed by atoms with E-state index in [1.807, 2.05) is 6.26 Å². The summed E-state index contributed by atoms with van der Waals surface area (Å²) in [5, 5.41) is 13.5. The van der Waals surface area contributed by atoms with E-state index in [9.17, 15) is 19.7 Å². The smallest absolute Gasteiger partial charge is 0.270 e. The zero-order chi connectivity index (χ0) is 19.1. The molecule has 142 valence electrons. The molecule has 0 aromatic heterocycles. The maximum Gasteiger partial charge on any atom is 0.270 e. The number of amides is 2. The fourth-order valence-electron chi connectivity index (χ4n) is 2.53. The van der Waals surface area contributed by atoms with Gasteiger partial charge in [-0.05, 0) is 24.5 Å². The van der Waals surface area contributed by atoms with Gasteiger partial charge in [-0.1, -0.05) is 11.6 Å². The number of morpholine rings is 1. The van der Waals surface area contributed by atoms with Gasteiger partial charge in [0.1, 0.15) is 6.04 Å². The minimum absolute atomic E-state index is 0.0286. The van der Waals surface area contributed by atoms with Crippen molar-refractivity contribution in [2.75, 3.05) is 38.3 Å². The van der Waals surface area contributed by atoms with Crippen molar-refractivity contribution < 1.29 is 19.2 Å². The normalized spacial score (nSPS) is 15.4. The van der Waals surface area contributed by atoms with E-state index in [0.717, 1.165) is 6.07 Å². The van der Waals surface area contributed by atoms with Crippen LogP contribution in [0.4, 0.5) is 5.69 Å². The van der Waals surface area contributed by atoms with E-state index in [4.69, 9.17) is 16.3 Å². The molecule has 2 rings (SSSR count). The Kier molecular flexibility index (Phi) is 7.67. The minimum atomic E-state index is -0.681. The lowest BCUT2D eigenvalue weighted by molar-refractivity contribution is -0.384. The fraction of sp³-hybridized carbons (Fsp3) is 0.500. The fourth-order valence-corrected chi connectivity index (χ4v) is 3.27. The second kappa shape index (κ2) is 9.75. The Hall–Kier alpha value is -1.84. The van der Waals surface area contributed by atoms with Gasteiger partial charge < -0.3 is 15.0 Å². The molecular weight excluding hydrogens is 382 g/mol. The second-order valence-corrected chi connectivity index (χ2v) is 7.06. The molecule has 0 aliphatic carbocycles. The number of carbonyl (C=O) groups excluding carboxylic acids is 2. The number of thioether (sulfide) groups is 1. The van der Waals surface area contributed by atoms with Crippen molar-refractivity contribution in [3.8, 4) is 0 Å². The first kappa shape index (κ1) is 20.5. The van der Waals surface area contributed by atoms with Gasteiger partial charge in [0.2, 0.25) is 5.91 Å². The van der Waals surface area contributed by atoms with Crippen molar-refractivity contribution in [1.29, 1.82) is 0 Å². The largest absolute Gasteiger partial charge is 0.378 e. The number of halogens is 1. The molecule has 1 aromatic carbocycles. The highest BCUT2D eigenvalue weighted by atomic mass is 35.5. The van der Waals surface area contributed by atoms with Crippen molar-refractivity contribution in [3.05, 3.63) is 38.9 Å². The Labute approximate surface area is 160 Å². The van der Waals surface area contributed by atoms with Crippen LogP contribution in [0.15, 0.2) is 18.2 Å². The second-order valence-electron chi connectivity index (χ2n) is 5.67. The first-order valence-corrected chi connectivity index (χ1v) is 9.81. The summed E-state index contributed by atoms with van der Waals surface area (Å²) in [5.74, 6) is 0.0148. The molecule has 1 aromatic rings. The van der Waals surface area contributed by atoms with Crippen LogP contribution in [0.5, 0.6) is 0 Å². The van der Waals surface area contributed by atoms with E-state index >= 15 is 0 Å². The van der Waals surface area contributed by atoms with E-state index < -0.39 is 16.9 Å². The van der Waals surface area contributed by atoms with E-state index in [-0.39, 0.29) is 22.2 Å². The number of rotatable bonds is 7. The lowest BCUT2D eigenvalue weighted by atomic mass is 10.1. The van der Waals surface area contributed by atoms with Crippen LogP contribution in [0.25, 0.3) is 0 Å². The molecule has 0 bridgehead atoms. The highest BCUT2D eigenvalue weighted by molar-refractivity contribution is 7.98. The summed E-state index contributed by atoms with van der Waals surface area (Å²) in [6, 6.07) is 2.94. The van der Waals surface area contributed by atoms with Crippen LogP contribution in [0, 0.1) is 10.1 Å². The van der Waals surface area contributed by atoms with Crippen molar-refractivity contribution in [1.82, 2.24) is 10.2 Å². The van der Waals surface area contributed by atoms with Gasteiger partial charge in [-0.2, -0.15) is 11.8 Å². The topological polar surface area (TPSA) is 102 Å². The van der Waals surface area contributed by atoms with Crippen LogP contribution in [-0.2, 0) is 9.53 Å². The number of benzene rings is 1. The zero-order valence-electron chi connectivity index (χ0n) is 14.3. The molecule has 1 aliphatic heterocycles. The highest BCUT2D eigenvalue weighted by Gasteiger charge is 2.28. The molecule has 1 saturated heterocycles. The van der Waals surface area contributed by atoms with E-state index in [1.54, 1.807) is 16.7 Å². The quantitative estimate of drug-likeness (QED) is 0.553. The monoisotopic (exact) mass is 401 g/mol. The summed E-state index contributed by atoms with van der Waals surface area (Å²) in [4.78, 5) is 37.1. The number of hydrogen-bond acceptors (Lipinski definition) is 6. The predicted octanol–water partition coefficient (Wildman–Crippen LogP) is 1.96. The van der Waals surface area contributed by atoms with Gasteiger partial charge in [-0.25, -0.2) is 0 Å². The first-order valence-electron chi connectivity index (χ1n) is 8.04. The van der Waals surface area contributed by atoms with Crippen LogP contribution in [0.3, 0.4) is 0 Å². The number of nitro groups is 1. The van der Waals surface area contributed by atoms with E-state index in [1.165, 1.54) is 12.1 Å². The maximum absolute atomic E-state index is 12.7. The van der Waals surface area contributed by atoms with Gasteiger partial charge in [-0.15, -0.1) is 0 Å². The molecule has 26 heavy (non-hydrogen) atoms. The van der Waals surface area contributed by atoms with Gasteiger partial charge in [-0.3, -0.25) is 19.7 Å². The third-order valence-corrected chi connectivity index (χ3v) is 4.90. The summed E-state index contributed by atoms with van der Waals surface area (Å²) in [6.07, 6.45) is 2.40. The van der Waals surface area contributed by atoms with Crippen LogP contribution in [-0.4, -0.2) is 66.0 Å². The molecule has 1 heterocycles. The number of non-ortho nitro benzene ring substituents is 1. The molecule has 1 N–H and O–H groups in total. The average molecular weight is 402 g/mol. The van der Waals surface area contributed by atoms with E-state index in [0.29, 0.717) is 38.5 Å². The Bertz CT molecular complexity index is 682. The van der Waals surface area contributed by atoms with Gasteiger partial charge in [0.25, 0.3) is 11.6 Å². The lowest BCUT2D eigenvalue weighted by Gasteiger charge is -2.30. The van der Waals surface area contributed by atoms with Crippen LogP contribution < -0.4 is 5.32 Å². The molecule has 1 aliphatic rings. The Morgan fingerprint density at radius 1 is 1.42 bits per heavy atom. The molecule has 1 atom stereocenters. The predicted molar refractivity (Wildman–Crippen MR) is 99.8 cm³/mol. The Balaban J connectivity index is 2.12. The SMILES string of the molecule is CSCCC(NC(=O)c1ccc([N+](=O)[O-])cc1Cl)C(=O)N1CCOCC1. The number of carbonyl (C=O) groups is 2. The summed E-state index contributed by atoms with van der Waals surface area (Å²) < 4.78 is 5.25. The summed E-state index contributed by atoms with van der Waals surface area (Å²) in [5.41, 5.74) is -0.101. The minimum Gasteiger partial charge on any atom is -0.378 e. The average Bonchev–Trinajstić information content (AvgIpc) is 2.64. The zero-order valence-corrected chi connectivity index (χ0v) is 15.8. The summed E-state index contributed by atoms with van der Waals surface area (Å²) in [6.45, 7) is 1.93. The van der Waals surface area contributed by atoms with Crippen molar-refractivity contribution in [3.63, 3.8) is 0 Å². The standard InChI is InChI=1S/C16H20ClN3O5S/c1-26-9-4-14(16(22)19-5-7-25-8-6-19)18-15(21)12-3-2-11(20(23)24)10-13(12)17/h2-3,10,14H,4-9H2,1H3,(H,18,21). The van der Waals surface area contributed by atoms with Crippen LogP contribution in [0.1, 0.15) is 16.8 Å². The van der Waals surface area contributed by atoms with E-state index in [2.05, 4.69) is 5.32 Å². The molecule has 0 radical (unpaired) electrons. The number of hydrogen-bond donors (Lipinski definition) is 1. The third-order valence-electron chi connectivity index (χ3n) is 3.94. The Morgan fingerprint density at radius 3 is 2.69 bits per heavy atom. The highest BCUT2D eigenvalue weighted by Crippen LogP contribution is 2.22. The van der Waals surface area contributed by atoms with Crippen molar-refractivity contribution >= 4 is 40.9 Å². The molecule has 0 saturated carbocycles. The van der Waals surface area contributed by atoms with Gasteiger partial charge >= 0.3 is 0 Å². The van der Waals surface area contributed by atoms with Crippen LogP contribution in [0.2, 0.25) is 5.02 Å². The molecule has 8 nitrogen and oxygen atoms in total. The van der Waals surface area contributed by atoms with Crippen LogP contribution >= 0.6 is 23.4 Å². The third kappa shape index (κ3) is 5.33. The lowest BCUT2D eigenvalue weighted by Crippen LogP contribution is -2.52. The van der Waals surface area contributed by atoms with Crippen molar-refractivity contribution in [2.45, 2.75) is 12.5 Å². The van der Waals surface area contributed by atoms with Gasteiger partial charge in [0, 0.05) is 25.2 Å². The van der Waals surface area contributed by atoms with Gasteiger partial charge in [0.15, 0.2) is 0 Å². The van der Waals surface area contributed by atoms with Crippen molar-refractivity contribution in [2.24, 2.45) is 0 Å². The molecule has 1 fully saturated rings. The summed E-state index contributed by atoms with van der Waals surface area (Å²) >= 11 is 7.58. The molecular formula is C16H20ClN3O5S. The first-order chi connectivity index (χ1) is 12.4. The molecule has 0 spiro atoms. The molecule has 1 unspecified atom stereocenters. The number of nitro benzene ring substituents is 1. The summed E-state index contributed by atoms with van der Waals surface area (Å²) in [7, 11) is 0. The van der Waals surface area contributed by atoms with Gasteiger partial charge in [0.05, 0.1) is 28.7 Å². The number of nitrogens with one attached hydrogen (secondary N) is 1. The maximum atomic E-state index is 12.7. The Morgan fingerprint density at radius 2 is 2.12 bits per heavy atom. The molecule has 2 amide bonds. The number of ether oxygens (including phenoxy) is 1.